The van der Waals surface area contributed by atoms with Gasteiger partial charge in [0, 0.05) is 55.5 Å². The zero-order chi connectivity index (χ0) is 28.3. The van der Waals surface area contributed by atoms with Crippen LogP contribution in [-0.4, -0.2) is 87.2 Å². The standard InChI is InChI=1S/C25H33ClN6O5S2/c1-31(2)25(35)15-4-9-18(28-22(33)13-27-39(36,37)17-7-5-16(26)6-8-17)20(12-15)29-23(34)24-30-19-10-11-32(3)14-21(19)38-24/h5-8,15,18,20,27H,4,9-14H2,1-3H3,(H,28,33)(H,29,34)/t15-,18-,20+/m0/s1. The molecule has 1 aliphatic heterocycles. The average Bonchev–Trinajstić information content (AvgIpc) is 3.32. The zero-order valence-electron chi connectivity index (χ0n) is 22.1. The molecule has 3 atom stereocenters. The maximum Gasteiger partial charge on any atom is 0.280 e. The fourth-order valence-corrected chi connectivity index (χ4v) is 7.06. The molecule has 39 heavy (non-hydrogen) atoms. The number of halogens is 1. The number of sulfonamides is 1. The lowest BCUT2D eigenvalue weighted by Gasteiger charge is -2.37. The van der Waals surface area contributed by atoms with Crippen molar-refractivity contribution < 1.29 is 22.8 Å². The first kappa shape index (κ1) is 29.4. The van der Waals surface area contributed by atoms with Gasteiger partial charge in [-0.15, -0.1) is 11.3 Å². The Labute approximate surface area is 237 Å². The number of rotatable bonds is 8. The third-order valence-corrected chi connectivity index (χ3v) is 9.72. The van der Waals surface area contributed by atoms with E-state index < -0.39 is 34.6 Å². The number of aromatic nitrogens is 1. The van der Waals surface area contributed by atoms with Crippen molar-refractivity contribution in [2.75, 3.05) is 34.2 Å². The number of amides is 3. The van der Waals surface area contributed by atoms with E-state index in [9.17, 15) is 22.8 Å². The largest absolute Gasteiger partial charge is 0.350 e. The molecule has 0 saturated heterocycles. The van der Waals surface area contributed by atoms with Crippen LogP contribution in [0.1, 0.15) is 39.6 Å². The summed E-state index contributed by atoms with van der Waals surface area (Å²) in [5.74, 6) is -1.23. The van der Waals surface area contributed by atoms with Crippen LogP contribution in [0.3, 0.4) is 0 Å². The zero-order valence-corrected chi connectivity index (χ0v) is 24.5. The summed E-state index contributed by atoms with van der Waals surface area (Å²) >= 11 is 7.19. The number of nitrogens with one attached hydrogen (secondary N) is 3. The Morgan fingerprint density at radius 1 is 1.13 bits per heavy atom. The molecular weight excluding hydrogens is 564 g/mol. The predicted molar refractivity (Wildman–Crippen MR) is 148 cm³/mol. The van der Waals surface area contributed by atoms with Crippen LogP contribution in [0.2, 0.25) is 5.02 Å². The van der Waals surface area contributed by atoms with Crippen molar-refractivity contribution in [1.82, 2.24) is 30.1 Å². The van der Waals surface area contributed by atoms with E-state index in [1.54, 1.807) is 14.1 Å². The SMILES string of the molecule is CN1CCc2nc(C(=O)N[C@@H]3C[C@@H](C(=O)N(C)C)CC[C@@H]3NC(=O)CNS(=O)(=O)c3ccc(Cl)cc3)sc2C1. The summed E-state index contributed by atoms with van der Waals surface area (Å²) in [5.41, 5.74) is 0.936. The number of thiazole rings is 1. The van der Waals surface area contributed by atoms with E-state index in [-0.39, 0.29) is 22.6 Å². The summed E-state index contributed by atoms with van der Waals surface area (Å²) in [6.45, 7) is 1.15. The van der Waals surface area contributed by atoms with Gasteiger partial charge in [0.2, 0.25) is 21.8 Å². The predicted octanol–water partition coefficient (Wildman–Crippen LogP) is 1.23. The highest BCUT2D eigenvalue weighted by atomic mass is 35.5. The number of hydrogen-bond donors (Lipinski definition) is 3. The minimum atomic E-state index is -3.92. The Kier molecular flexibility index (Phi) is 9.27. The van der Waals surface area contributed by atoms with Crippen molar-refractivity contribution in [2.45, 2.75) is 49.2 Å². The molecule has 11 nitrogen and oxygen atoms in total. The van der Waals surface area contributed by atoms with Crippen LogP contribution in [0.4, 0.5) is 0 Å². The van der Waals surface area contributed by atoms with Crippen LogP contribution in [0.5, 0.6) is 0 Å². The van der Waals surface area contributed by atoms with Gasteiger partial charge in [-0.05, 0) is 50.6 Å². The van der Waals surface area contributed by atoms with Crippen LogP contribution >= 0.6 is 22.9 Å². The lowest BCUT2D eigenvalue weighted by molar-refractivity contribution is -0.134. The summed E-state index contributed by atoms with van der Waals surface area (Å²) in [6.07, 6.45) is 2.10. The van der Waals surface area contributed by atoms with Gasteiger partial charge >= 0.3 is 0 Å². The average molecular weight is 597 g/mol. The first-order valence-corrected chi connectivity index (χ1v) is 15.3. The molecule has 1 fully saturated rings. The van der Waals surface area contributed by atoms with E-state index >= 15 is 0 Å². The maximum atomic E-state index is 13.2. The van der Waals surface area contributed by atoms with Gasteiger partial charge in [0.1, 0.15) is 0 Å². The number of nitrogens with zero attached hydrogens (tertiary/aromatic N) is 3. The van der Waals surface area contributed by atoms with Crippen molar-refractivity contribution in [3.8, 4) is 0 Å². The number of hydrogen-bond acceptors (Lipinski definition) is 8. The van der Waals surface area contributed by atoms with Gasteiger partial charge in [-0.25, -0.2) is 18.1 Å². The van der Waals surface area contributed by atoms with Crippen LogP contribution in [0, 0.1) is 5.92 Å². The summed E-state index contributed by atoms with van der Waals surface area (Å²) in [4.78, 5) is 48.0. The summed E-state index contributed by atoms with van der Waals surface area (Å²) in [6, 6.07) is 4.60. The molecule has 2 aliphatic rings. The summed E-state index contributed by atoms with van der Waals surface area (Å²) in [5, 5.41) is 6.60. The highest BCUT2D eigenvalue weighted by Gasteiger charge is 2.37. The minimum Gasteiger partial charge on any atom is -0.350 e. The van der Waals surface area contributed by atoms with Crippen molar-refractivity contribution in [3.63, 3.8) is 0 Å². The molecule has 0 spiro atoms. The molecule has 3 N–H and O–H groups in total. The van der Waals surface area contributed by atoms with Crippen LogP contribution in [-0.2, 0) is 32.6 Å². The van der Waals surface area contributed by atoms with E-state index in [2.05, 4.69) is 25.2 Å². The van der Waals surface area contributed by atoms with Gasteiger partial charge in [0.25, 0.3) is 5.91 Å². The first-order valence-electron chi connectivity index (χ1n) is 12.7. The molecule has 1 aromatic heterocycles. The molecular formula is C25H33ClN6O5S2. The lowest BCUT2D eigenvalue weighted by Crippen LogP contribution is -2.57. The topological polar surface area (TPSA) is 141 Å². The molecule has 2 aromatic rings. The lowest BCUT2D eigenvalue weighted by atomic mass is 9.81. The van der Waals surface area contributed by atoms with Gasteiger partial charge < -0.3 is 20.4 Å². The third-order valence-electron chi connectivity index (χ3n) is 6.97. The number of benzene rings is 1. The monoisotopic (exact) mass is 596 g/mol. The molecule has 1 saturated carbocycles. The van der Waals surface area contributed by atoms with E-state index in [0.717, 1.165) is 30.1 Å². The molecule has 1 aromatic carbocycles. The Hall–Kier alpha value is -2.58. The molecule has 2 heterocycles. The Balaban J connectivity index is 1.43. The molecule has 212 valence electrons. The van der Waals surface area contributed by atoms with Gasteiger partial charge in [0.05, 0.1) is 23.2 Å². The van der Waals surface area contributed by atoms with E-state index in [1.165, 1.54) is 40.5 Å². The third kappa shape index (κ3) is 7.34. The molecule has 0 unspecified atom stereocenters. The molecule has 14 heteroatoms. The van der Waals surface area contributed by atoms with E-state index in [4.69, 9.17) is 11.6 Å². The first-order chi connectivity index (χ1) is 18.4. The van der Waals surface area contributed by atoms with Crippen LogP contribution in [0.25, 0.3) is 0 Å². The highest BCUT2D eigenvalue weighted by Crippen LogP contribution is 2.28. The van der Waals surface area contributed by atoms with Crippen molar-refractivity contribution in [2.24, 2.45) is 5.92 Å². The van der Waals surface area contributed by atoms with Crippen molar-refractivity contribution in [3.05, 3.63) is 44.9 Å². The normalized spacial score (nSPS) is 21.6. The fourth-order valence-electron chi connectivity index (χ4n) is 4.86. The molecule has 0 radical (unpaired) electrons. The Bertz CT molecular complexity index is 1330. The van der Waals surface area contributed by atoms with Crippen molar-refractivity contribution in [1.29, 1.82) is 0 Å². The second-order valence-electron chi connectivity index (χ2n) is 10.2. The van der Waals surface area contributed by atoms with Crippen molar-refractivity contribution >= 4 is 50.7 Å². The number of carbonyl (C=O) groups excluding carboxylic acids is 3. The number of likely N-dealkylation sites (N-methyl/N-ethyl adjacent to an activating group) is 1. The smallest absolute Gasteiger partial charge is 0.280 e. The Morgan fingerprint density at radius 2 is 1.85 bits per heavy atom. The fraction of sp³-hybridized carbons (Fsp3) is 0.520. The second-order valence-corrected chi connectivity index (χ2v) is 13.4. The van der Waals surface area contributed by atoms with Gasteiger partial charge in [0.15, 0.2) is 5.01 Å². The maximum absolute atomic E-state index is 13.2. The van der Waals surface area contributed by atoms with E-state index in [1.807, 2.05) is 7.05 Å². The van der Waals surface area contributed by atoms with Gasteiger partial charge in [-0.3, -0.25) is 14.4 Å². The van der Waals surface area contributed by atoms with Gasteiger partial charge in [-0.1, -0.05) is 11.6 Å². The quantitative estimate of drug-likeness (QED) is 0.416. The van der Waals surface area contributed by atoms with Crippen LogP contribution < -0.4 is 15.4 Å². The summed E-state index contributed by atoms with van der Waals surface area (Å²) in [7, 11) is 1.48. The molecule has 1 aliphatic carbocycles. The van der Waals surface area contributed by atoms with E-state index in [0.29, 0.717) is 29.3 Å². The molecule has 0 bridgehead atoms. The minimum absolute atomic E-state index is 0.00937. The Morgan fingerprint density at radius 3 is 2.54 bits per heavy atom. The van der Waals surface area contributed by atoms with Crippen LogP contribution in [0.15, 0.2) is 29.2 Å². The number of carbonyl (C=O) groups is 3. The van der Waals surface area contributed by atoms with Gasteiger partial charge in [-0.2, -0.15) is 0 Å². The second kappa shape index (κ2) is 12.3. The molecule has 4 rings (SSSR count). The highest BCUT2D eigenvalue weighted by molar-refractivity contribution is 7.89. The summed E-state index contributed by atoms with van der Waals surface area (Å²) < 4.78 is 27.4. The molecule has 3 amide bonds. The number of fused-ring (bicyclic) bond motifs is 1.